The first-order valence-corrected chi connectivity index (χ1v) is 9.54. The van der Waals surface area contributed by atoms with Crippen molar-refractivity contribution in [2.24, 2.45) is 10.2 Å². The first-order valence-electron chi connectivity index (χ1n) is 7.27. The lowest BCUT2D eigenvalue weighted by Gasteiger charge is -2.02. The number of azo groups is 1. The van der Waals surface area contributed by atoms with Gasteiger partial charge in [0, 0.05) is 22.4 Å². The van der Waals surface area contributed by atoms with E-state index in [1.165, 1.54) is 24.3 Å². The van der Waals surface area contributed by atoms with Gasteiger partial charge in [-0.25, -0.2) is 13.2 Å². The maximum atomic E-state index is 11.9. The minimum atomic E-state index is -3.31. The quantitative estimate of drug-likeness (QED) is 0.576. The highest BCUT2D eigenvalue weighted by atomic mass is 35.5. The molecule has 0 aliphatic heterocycles. The summed E-state index contributed by atoms with van der Waals surface area (Å²) in [7, 11) is -3.31. The Labute approximate surface area is 153 Å². The molecule has 0 spiro atoms. The van der Waals surface area contributed by atoms with Gasteiger partial charge in [0.2, 0.25) is 5.88 Å². The summed E-state index contributed by atoms with van der Waals surface area (Å²) in [6, 6.07) is 9.73. The molecule has 0 fully saturated rings. The van der Waals surface area contributed by atoms with Crippen molar-refractivity contribution in [2.45, 2.75) is 4.90 Å². The molecule has 0 atom stereocenters. The molecule has 0 radical (unpaired) electrons. The van der Waals surface area contributed by atoms with Crippen LogP contribution in [0.4, 0.5) is 16.2 Å². The van der Waals surface area contributed by atoms with E-state index in [2.05, 4.69) is 20.5 Å². The Bertz CT molecular complexity index is 1120. The van der Waals surface area contributed by atoms with Crippen LogP contribution in [0.25, 0.3) is 10.9 Å². The van der Waals surface area contributed by atoms with Crippen LogP contribution < -0.4 is 5.32 Å². The molecule has 134 valence electrons. The van der Waals surface area contributed by atoms with E-state index in [4.69, 9.17) is 11.6 Å². The lowest BCUT2D eigenvalue weighted by atomic mass is 10.2. The van der Waals surface area contributed by atoms with E-state index >= 15 is 0 Å². The lowest BCUT2D eigenvalue weighted by molar-refractivity contribution is 0.258. The Balaban J connectivity index is 1.78. The van der Waals surface area contributed by atoms with E-state index in [1.807, 2.05) is 0 Å². The van der Waals surface area contributed by atoms with Gasteiger partial charge in [0.05, 0.1) is 10.4 Å². The number of carbonyl (C=O) groups is 1. The second-order valence-electron chi connectivity index (χ2n) is 5.44. The molecule has 0 saturated carbocycles. The number of hydrogen-bond acceptors (Lipinski definition) is 5. The highest BCUT2D eigenvalue weighted by Crippen LogP contribution is 2.36. The van der Waals surface area contributed by atoms with E-state index in [1.54, 1.807) is 18.2 Å². The van der Waals surface area contributed by atoms with Crippen LogP contribution in [0.2, 0.25) is 5.02 Å². The van der Waals surface area contributed by atoms with Crippen LogP contribution in [0.1, 0.15) is 0 Å². The predicted molar refractivity (Wildman–Crippen MR) is 98.1 cm³/mol. The fourth-order valence-electron chi connectivity index (χ4n) is 2.27. The molecule has 2 amide bonds. The average molecular weight is 393 g/mol. The van der Waals surface area contributed by atoms with Crippen LogP contribution in [0.15, 0.2) is 57.6 Å². The summed E-state index contributed by atoms with van der Waals surface area (Å²) in [5, 5.41) is 20.6. The van der Waals surface area contributed by atoms with Crippen molar-refractivity contribution in [2.75, 3.05) is 11.6 Å². The third kappa shape index (κ3) is 3.84. The largest absolute Gasteiger partial charge is 0.493 e. The summed E-state index contributed by atoms with van der Waals surface area (Å²) >= 11 is 5.92. The maximum Gasteiger partial charge on any atom is 0.364 e. The molecule has 1 aromatic heterocycles. The molecular formula is C16H13ClN4O4S. The van der Waals surface area contributed by atoms with E-state index in [-0.39, 0.29) is 16.5 Å². The minimum absolute atomic E-state index is 0.0880. The molecule has 0 saturated heterocycles. The SMILES string of the molecule is CS(=O)(=O)c1ccc(NC(=O)N=Nc2c(O)[nH]c3ccc(Cl)cc23)cc1. The molecule has 26 heavy (non-hydrogen) atoms. The number of anilines is 1. The molecule has 0 unspecified atom stereocenters. The second kappa shape index (κ2) is 6.77. The van der Waals surface area contributed by atoms with Crippen molar-refractivity contribution < 1.29 is 18.3 Å². The zero-order valence-electron chi connectivity index (χ0n) is 13.4. The molecule has 1 heterocycles. The molecule has 0 bridgehead atoms. The molecule has 3 aromatic rings. The normalized spacial score (nSPS) is 11.9. The Hall–Kier alpha value is -2.91. The van der Waals surface area contributed by atoms with Crippen molar-refractivity contribution >= 4 is 49.7 Å². The molecule has 0 aliphatic carbocycles. The van der Waals surface area contributed by atoms with Crippen LogP contribution >= 0.6 is 11.6 Å². The van der Waals surface area contributed by atoms with E-state index in [0.29, 0.717) is 21.6 Å². The average Bonchev–Trinajstić information content (AvgIpc) is 2.87. The second-order valence-corrected chi connectivity index (χ2v) is 7.89. The topological polar surface area (TPSA) is 124 Å². The van der Waals surface area contributed by atoms with Gasteiger partial charge >= 0.3 is 6.03 Å². The van der Waals surface area contributed by atoms with Gasteiger partial charge in [-0.3, -0.25) is 0 Å². The number of aromatic nitrogens is 1. The summed E-state index contributed by atoms with van der Waals surface area (Å²) < 4.78 is 22.8. The number of nitrogens with zero attached hydrogens (tertiary/aromatic N) is 2. The fourth-order valence-corrected chi connectivity index (χ4v) is 3.07. The van der Waals surface area contributed by atoms with Gasteiger partial charge in [-0.15, -0.1) is 5.11 Å². The molecule has 0 aliphatic rings. The molecule has 3 rings (SSSR count). The molecule has 8 nitrogen and oxygen atoms in total. The van der Waals surface area contributed by atoms with Crippen LogP contribution in [-0.4, -0.2) is 30.8 Å². The first-order chi connectivity index (χ1) is 12.2. The van der Waals surface area contributed by atoms with Crippen LogP contribution in [-0.2, 0) is 9.84 Å². The highest BCUT2D eigenvalue weighted by Gasteiger charge is 2.12. The number of aromatic amines is 1. The number of halogens is 1. The number of fused-ring (bicyclic) bond motifs is 1. The van der Waals surface area contributed by atoms with Crippen molar-refractivity contribution in [1.82, 2.24) is 4.98 Å². The van der Waals surface area contributed by atoms with Gasteiger partial charge in [0.25, 0.3) is 0 Å². The number of carbonyl (C=O) groups excluding carboxylic acids is 1. The number of H-pyrrole nitrogens is 1. The minimum Gasteiger partial charge on any atom is -0.493 e. The van der Waals surface area contributed by atoms with E-state index < -0.39 is 15.9 Å². The summed E-state index contributed by atoms with van der Waals surface area (Å²) in [4.78, 5) is 14.7. The zero-order chi connectivity index (χ0) is 18.9. The van der Waals surface area contributed by atoms with Gasteiger partial charge in [-0.2, -0.15) is 0 Å². The summed E-state index contributed by atoms with van der Waals surface area (Å²) in [5.41, 5.74) is 1.04. The Kier molecular flexibility index (Phi) is 4.66. The number of aromatic hydroxyl groups is 1. The Morgan fingerprint density at radius 3 is 2.54 bits per heavy atom. The zero-order valence-corrected chi connectivity index (χ0v) is 15.0. The van der Waals surface area contributed by atoms with Gasteiger partial charge in [0.15, 0.2) is 15.5 Å². The molecular weight excluding hydrogens is 380 g/mol. The monoisotopic (exact) mass is 392 g/mol. The van der Waals surface area contributed by atoms with E-state index in [0.717, 1.165) is 6.26 Å². The first kappa shape index (κ1) is 17.9. The third-order valence-electron chi connectivity index (χ3n) is 3.49. The fraction of sp³-hybridized carbons (Fsp3) is 0.0625. The maximum absolute atomic E-state index is 11.9. The number of hydrogen-bond donors (Lipinski definition) is 3. The van der Waals surface area contributed by atoms with Crippen molar-refractivity contribution in [3.63, 3.8) is 0 Å². The number of urea groups is 1. The van der Waals surface area contributed by atoms with Gasteiger partial charge in [0.1, 0.15) is 0 Å². The van der Waals surface area contributed by atoms with Crippen LogP contribution in [0, 0.1) is 0 Å². The van der Waals surface area contributed by atoms with Gasteiger partial charge in [-0.05, 0) is 42.5 Å². The number of sulfone groups is 1. The summed E-state index contributed by atoms with van der Waals surface area (Å²) in [6.45, 7) is 0. The Morgan fingerprint density at radius 2 is 1.88 bits per heavy atom. The standard InChI is InChI=1S/C16H13ClN4O4S/c1-26(24,25)11-5-3-10(4-6-11)18-16(23)21-20-14-12-8-9(17)2-7-13(12)19-15(14)22/h2-8,19,22H,1H3,(H,18,23). The van der Waals surface area contributed by atoms with Gasteiger partial charge in [-0.1, -0.05) is 16.7 Å². The number of benzene rings is 2. The summed E-state index contributed by atoms with van der Waals surface area (Å²) in [5.74, 6) is -0.240. The number of rotatable bonds is 3. The van der Waals surface area contributed by atoms with Crippen molar-refractivity contribution in [3.05, 3.63) is 47.5 Å². The number of amides is 2. The summed E-state index contributed by atoms with van der Waals surface area (Å²) in [6.07, 6.45) is 1.09. The lowest BCUT2D eigenvalue weighted by Crippen LogP contribution is -2.05. The van der Waals surface area contributed by atoms with Crippen molar-refractivity contribution in [1.29, 1.82) is 0 Å². The van der Waals surface area contributed by atoms with Crippen molar-refractivity contribution in [3.8, 4) is 5.88 Å². The Morgan fingerprint density at radius 1 is 1.19 bits per heavy atom. The predicted octanol–water partition coefficient (Wildman–Crippen LogP) is 4.25. The number of nitrogens with one attached hydrogen (secondary N) is 2. The molecule has 3 N–H and O–H groups in total. The van der Waals surface area contributed by atoms with Gasteiger partial charge < -0.3 is 15.4 Å². The van der Waals surface area contributed by atoms with Crippen LogP contribution in [0.5, 0.6) is 5.88 Å². The van der Waals surface area contributed by atoms with E-state index in [9.17, 15) is 18.3 Å². The smallest absolute Gasteiger partial charge is 0.364 e. The third-order valence-corrected chi connectivity index (χ3v) is 4.85. The van der Waals surface area contributed by atoms with Crippen LogP contribution in [0.3, 0.4) is 0 Å². The molecule has 2 aromatic carbocycles. The highest BCUT2D eigenvalue weighted by molar-refractivity contribution is 7.90. The molecule has 10 heteroatoms.